The molecular formula is C18H21N3O5S2. The summed E-state index contributed by atoms with van der Waals surface area (Å²) in [5.74, 6) is -0.631. The van der Waals surface area contributed by atoms with E-state index in [2.05, 4.69) is 10.3 Å². The molecule has 2 aromatic rings. The first-order valence-corrected chi connectivity index (χ1v) is 11.8. The molecule has 1 atom stereocenters. The molecular weight excluding hydrogens is 402 g/mol. The SMILES string of the molecule is CS(=O)(=O)c1ccc2nc(NC(=O)C3CC(=O)N(C4CCOCC4)C3)sc2c1. The van der Waals surface area contributed by atoms with Crippen molar-refractivity contribution in [2.45, 2.75) is 30.2 Å². The number of fused-ring (bicyclic) bond motifs is 1. The van der Waals surface area contributed by atoms with Crippen LogP contribution in [0, 0.1) is 5.92 Å². The van der Waals surface area contributed by atoms with Crippen molar-refractivity contribution in [3.63, 3.8) is 0 Å². The van der Waals surface area contributed by atoms with Crippen LogP contribution in [0.15, 0.2) is 23.1 Å². The second-order valence-electron chi connectivity index (χ2n) is 7.20. The predicted molar refractivity (Wildman–Crippen MR) is 105 cm³/mol. The van der Waals surface area contributed by atoms with Gasteiger partial charge >= 0.3 is 0 Å². The number of nitrogens with zero attached hydrogens (tertiary/aromatic N) is 2. The minimum atomic E-state index is -3.30. The van der Waals surface area contributed by atoms with Crippen LogP contribution in [-0.2, 0) is 24.2 Å². The molecule has 0 spiro atoms. The number of aromatic nitrogens is 1. The molecule has 0 bridgehead atoms. The molecule has 10 heteroatoms. The summed E-state index contributed by atoms with van der Waals surface area (Å²) in [6, 6.07) is 4.84. The molecule has 1 aromatic carbocycles. The predicted octanol–water partition coefficient (Wildman–Crippen LogP) is 1.67. The number of carbonyl (C=O) groups is 2. The van der Waals surface area contributed by atoms with Crippen molar-refractivity contribution in [1.29, 1.82) is 0 Å². The van der Waals surface area contributed by atoms with Gasteiger partial charge in [0.2, 0.25) is 11.8 Å². The number of amides is 2. The first-order valence-electron chi connectivity index (χ1n) is 9.10. The summed E-state index contributed by atoms with van der Waals surface area (Å²) in [6.45, 7) is 1.71. The van der Waals surface area contributed by atoms with E-state index in [1.54, 1.807) is 12.1 Å². The number of benzene rings is 1. The summed E-state index contributed by atoms with van der Waals surface area (Å²) in [5, 5.41) is 3.20. The Morgan fingerprint density at radius 1 is 1.32 bits per heavy atom. The van der Waals surface area contributed by atoms with Crippen LogP contribution in [0.3, 0.4) is 0 Å². The fourth-order valence-electron chi connectivity index (χ4n) is 3.65. The van der Waals surface area contributed by atoms with E-state index in [0.29, 0.717) is 35.1 Å². The van der Waals surface area contributed by atoms with E-state index >= 15 is 0 Å². The number of hydrogen-bond acceptors (Lipinski definition) is 7. The lowest BCUT2D eigenvalue weighted by atomic mass is 10.1. The number of carbonyl (C=O) groups excluding carboxylic acids is 2. The topological polar surface area (TPSA) is 106 Å². The van der Waals surface area contributed by atoms with E-state index in [-0.39, 0.29) is 29.2 Å². The molecule has 2 aliphatic heterocycles. The first-order chi connectivity index (χ1) is 13.3. The van der Waals surface area contributed by atoms with Gasteiger partial charge in [0, 0.05) is 38.5 Å². The third-order valence-electron chi connectivity index (χ3n) is 5.18. The fourth-order valence-corrected chi connectivity index (χ4v) is 5.28. The minimum absolute atomic E-state index is 0.00847. The molecule has 8 nitrogen and oxygen atoms in total. The lowest BCUT2D eigenvalue weighted by Gasteiger charge is -2.31. The normalized spacial score (nSPS) is 21.4. The van der Waals surface area contributed by atoms with E-state index in [0.717, 1.165) is 19.1 Å². The highest BCUT2D eigenvalue weighted by atomic mass is 32.2. The van der Waals surface area contributed by atoms with Crippen molar-refractivity contribution in [1.82, 2.24) is 9.88 Å². The van der Waals surface area contributed by atoms with E-state index in [4.69, 9.17) is 4.74 Å². The van der Waals surface area contributed by atoms with E-state index in [1.807, 2.05) is 4.90 Å². The lowest BCUT2D eigenvalue weighted by molar-refractivity contribution is -0.131. The maximum Gasteiger partial charge on any atom is 0.231 e. The third-order valence-corrected chi connectivity index (χ3v) is 7.22. The van der Waals surface area contributed by atoms with E-state index in [9.17, 15) is 18.0 Å². The van der Waals surface area contributed by atoms with Crippen molar-refractivity contribution in [2.75, 3.05) is 31.3 Å². The standard InChI is InChI=1S/C18H21N3O5S2/c1-28(24,25)13-2-3-14-15(9-13)27-18(19-14)20-17(23)11-8-16(22)21(10-11)12-4-6-26-7-5-12/h2-3,9,11-12H,4-8,10H2,1H3,(H,19,20,23). The second kappa shape index (κ2) is 7.41. The van der Waals surface area contributed by atoms with Gasteiger partial charge in [0.15, 0.2) is 15.0 Å². The zero-order valence-corrected chi connectivity index (χ0v) is 17.0. The summed E-state index contributed by atoms with van der Waals surface area (Å²) in [4.78, 5) is 31.4. The monoisotopic (exact) mass is 423 g/mol. The van der Waals surface area contributed by atoms with Crippen molar-refractivity contribution in [2.24, 2.45) is 5.92 Å². The van der Waals surface area contributed by atoms with Crippen LogP contribution in [0.2, 0.25) is 0 Å². The smallest absolute Gasteiger partial charge is 0.231 e. The first kappa shape index (κ1) is 19.3. The quantitative estimate of drug-likeness (QED) is 0.802. The molecule has 1 aromatic heterocycles. The van der Waals surface area contributed by atoms with Crippen molar-refractivity contribution < 1.29 is 22.7 Å². The average Bonchev–Trinajstić information content (AvgIpc) is 3.23. The van der Waals surface area contributed by atoms with Crippen molar-refractivity contribution in [3.8, 4) is 0 Å². The van der Waals surface area contributed by atoms with Gasteiger partial charge in [0.05, 0.1) is 21.0 Å². The summed E-state index contributed by atoms with van der Waals surface area (Å²) in [6.07, 6.45) is 2.97. The zero-order chi connectivity index (χ0) is 19.9. The van der Waals surface area contributed by atoms with Gasteiger partial charge in [-0.1, -0.05) is 11.3 Å². The molecule has 1 N–H and O–H groups in total. The molecule has 0 radical (unpaired) electrons. The van der Waals surface area contributed by atoms with Crippen LogP contribution < -0.4 is 5.32 Å². The fraction of sp³-hybridized carbons (Fsp3) is 0.500. The summed E-state index contributed by atoms with van der Waals surface area (Å²) in [5.41, 5.74) is 0.624. The Balaban J connectivity index is 1.45. The molecule has 0 saturated carbocycles. The Labute approximate surface area is 166 Å². The second-order valence-corrected chi connectivity index (χ2v) is 10.2. The van der Waals surface area contributed by atoms with Crippen LogP contribution >= 0.6 is 11.3 Å². The van der Waals surface area contributed by atoms with Gasteiger partial charge in [-0.15, -0.1) is 0 Å². The molecule has 2 saturated heterocycles. The van der Waals surface area contributed by atoms with Crippen LogP contribution in [0.1, 0.15) is 19.3 Å². The molecule has 28 heavy (non-hydrogen) atoms. The van der Waals surface area contributed by atoms with Gasteiger partial charge in [-0.25, -0.2) is 13.4 Å². The summed E-state index contributed by atoms with van der Waals surface area (Å²) < 4.78 is 29.4. The Hall–Kier alpha value is -2.04. The number of thiazole rings is 1. The molecule has 2 amide bonds. The largest absolute Gasteiger partial charge is 0.381 e. The highest BCUT2D eigenvalue weighted by Crippen LogP contribution is 2.30. The van der Waals surface area contributed by atoms with Crippen LogP contribution in [-0.4, -0.2) is 62.2 Å². The minimum Gasteiger partial charge on any atom is -0.381 e. The number of rotatable bonds is 4. The highest BCUT2D eigenvalue weighted by molar-refractivity contribution is 7.90. The Kier molecular flexibility index (Phi) is 5.11. The highest BCUT2D eigenvalue weighted by Gasteiger charge is 2.38. The number of likely N-dealkylation sites (tertiary alicyclic amines) is 1. The molecule has 4 rings (SSSR count). The van der Waals surface area contributed by atoms with Gasteiger partial charge in [-0.3, -0.25) is 9.59 Å². The van der Waals surface area contributed by atoms with Crippen molar-refractivity contribution >= 4 is 48.3 Å². The van der Waals surface area contributed by atoms with Gasteiger partial charge in [0.25, 0.3) is 0 Å². The zero-order valence-electron chi connectivity index (χ0n) is 15.4. The lowest BCUT2D eigenvalue weighted by Crippen LogP contribution is -2.40. The van der Waals surface area contributed by atoms with E-state index in [1.165, 1.54) is 17.4 Å². The molecule has 150 valence electrons. The number of anilines is 1. The number of nitrogens with one attached hydrogen (secondary N) is 1. The summed E-state index contributed by atoms with van der Waals surface area (Å²) in [7, 11) is -3.30. The molecule has 3 heterocycles. The molecule has 1 unspecified atom stereocenters. The van der Waals surface area contributed by atoms with Crippen LogP contribution in [0.5, 0.6) is 0 Å². The van der Waals surface area contributed by atoms with E-state index < -0.39 is 15.8 Å². The number of hydrogen-bond donors (Lipinski definition) is 1. The Morgan fingerprint density at radius 2 is 2.07 bits per heavy atom. The van der Waals surface area contributed by atoms with Gasteiger partial charge in [0.1, 0.15) is 0 Å². The van der Waals surface area contributed by atoms with Gasteiger partial charge in [-0.2, -0.15) is 0 Å². The Morgan fingerprint density at radius 3 is 2.79 bits per heavy atom. The van der Waals surface area contributed by atoms with Crippen LogP contribution in [0.25, 0.3) is 10.2 Å². The Bertz CT molecular complexity index is 1030. The maximum atomic E-state index is 12.6. The molecule has 2 fully saturated rings. The maximum absolute atomic E-state index is 12.6. The van der Waals surface area contributed by atoms with Gasteiger partial charge < -0.3 is 15.0 Å². The van der Waals surface area contributed by atoms with Gasteiger partial charge in [-0.05, 0) is 31.0 Å². The third kappa shape index (κ3) is 3.89. The van der Waals surface area contributed by atoms with Crippen molar-refractivity contribution in [3.05, 3.63) is 18.2 Å². The number of sulfone groups is 1. The molecule has 0 aliphatic carbocycles. The molecule has 2 aliphatic rings. The number of ether oxygens (including phenoxy) is 1. The average molecular weight is 424 g/mol. The van der Waals surface area contributed by atoms with Crippen LogP contribution in [0.4, 0.5) is 5.13 Å². The summed E-state index contributed by atoms with van der Waals surface area (Å²) >= 11 is 1.22.